The van der Waals surface area contributed by atoms with Crippen LogP contribution in [0.4, 0.5) is 0 Å². The van der Waals surface area contributed by atoms with Gasteiger partial charge in [-0.05, 0) is 6.42 Å². The van der Waals surface area contributed by atoms with Gasteiger partial charge in [0, 0.05) is 20.6 Å². The highest BCUT2D eigenvalue weighted by Gasteiger charge is 2.47. The van der Waals surface area contributed by atoms with E-state index in [9.17, 15) is 9.59 Å². The summed E-state index contributed by atoms with van der Waals surface area (Å²) in [5, 5.41) is 18.1. The molecule has 0 bridgehead atoms. The van der Waals surface area contributed by atoms with Crippen molar-refractivity contribution < 1.29 is 29.3 Å². The minimum atomic E-state index is -1.96. The maximum atomic E-state index is 11.1. The van der Waals surface area contributed by atoms with E-state index in [1.165, 1.54) is 20.3 Å². The molecule has 0 rings (SSSR count). The van der Waals surface area contributed by atoms with Gasteiger partial charge in [0.1, 0.15) is 0 Å². The van der Waals surface area contributed by atoms with Gasteiger partial charge in [-0.2, -0.15) is 0 Å². The number of aliphatic carboxylic acids is 2. The van der Waals surface area contributed by atoms with Crippen LogP contribution in [0, 0.1) is 5.41 Å². The highest BCUT2D eigenvalue weighted by Crippen LogP contribution is 2.30. The molecule has 0 aromatic rings. The monoisotopic (exact) mass is 232 g/mol. The summed E-state index contributed by atoms with van der Waals surface area (Å²) in [5.74, 6) is -2.86. The summed E-state index contributed by atoms with van der Waals surface area (Å²) in [5.41, 5.74) is -1.96. The van der Waals surface area contributed by atoms with E-state index >= 15 is 0 Å². The van der Waals surface area contributed by atoms with Crippen molar-refractivity contribution in [1.29, 1.82) is 0 Å². The average Bonchev–Trinajstić information content (AvgIpc) is 2.23. The third-order valence-corrected chi connectivity index (χ3v) is 2.35. The number of carbonyl (C=O) groups is 2. The molecule has 6 heteroatoms. The van der Waals surface area contributed by atoms with Crippen molar-refractivity contribution in [2.24, 2.45) is 5.41 Å². The molecule has 0 aliphatic rings. The van der Waals surface area contributed by atoms with Gasteiger partial charge >= 0.3 is 11.9 Å². The molecule has 0 heterocycles. The number of rotatable bonds is 8. The molecule has 92 valence electrons. The van der Waals surface area contributed by atoms with E-state index in [1.807, 2.05) is 0 Å². The highest BCUT2D eigenvalue weighted by atomic mass is 16.7. The number of hydrogen-bond acceptors (Lipinski definition) is 4. The number of ether oxygens (including phenoxy) is 2. The topological polar surface area (TPSA) is 93.1 Å². The molecule has 0 saturated heterocycles. The van der Waals surface area contributed by atoms with Gasteiger partial charge in [-0.15, -0.1) is 6.58 Å². The van der Waals surface area contributed by atoms with Gasteiger partial charge in [0.2, 0.25) is 0 Å². The van der Waals surface area contributed by atoms with Crippen LogP contribution < -0.4 is 0 Å². The quantitative estimate of drug-likeness (QED) is 0.364. The summed E-state index contributed by atoms with van der Waals surface area (Å²) in [6, 6.07) is 0. The molecule has 0 aliphatic carbocycles. The van der Waals surface area contributed by atoms with E-state index in [1.54, 1.807) is 0 Å². The first-order valence-electron chi connectivity index (χ1n) is 4.58. The molecule has 0 aromatic carbocycles. The van der Waals surface area contributed by atoms with Crippen molar-refractivity contribution >= 4 is 11.9 Å². The minimum absolute atomic E-state index is 0.194. The van der Waals surface area contributed by atoms with Crippen molar-refractivity contribution in [3.63, 3.8) is 0 Å². The molecule has 2 N–H and O–H groups in total. The Bertz CT molecular complexity index is 254. The third-order valence-electron chi connectivity index (χ3n) is 2.35. The molecule has 0 spiro atoms. The van der Waals surface area contributed by atoms with Gasteiger partial charge in [0.05, 0.1) is 0 Å². The van der Waals surface area contributed by atoms with Crippen LogP contribution in [0.1, 0.15) is 12.8 Å². The lowest BCUT2D eigenvalue weighted by atomic mass is 9.81. The molecule has 0 saturated carbocycles. The van der Waals surface area contributed by atoms with Gasteiger partial charge in [0.25, 0.3) is 0 Å². The van der Waals surface area contributed by atoms with Crippen molar-refractivity contribution in [2.45, 2.75) is 19.1 Å². The summed E-state index contributed by atoms with van der Waals surface area (Å²) in [6.07, 6.45) is -0.102. The van der Waals surface area contributed by atoms with Crippen LogP contribution in [0.5, 0.6) is 0 Å². The lowest BCUT2D eigenvalue weighted by Gasteiger charge is -2.26. The fraction of sp³-hybridized carbons (Fsp3) is 0.600. The first-order chi connectivity index (χ1) is 7.44. The molecule has 0 atom stereocenters. The van der Waals surface area contributed by atoms with Gasteiger partial charge in [-0.1, -0.05) is 6.08 Å². The van der Waals surface area contributed by atoms with Crippen LogP contribution >= 0.6 is 0 Å². The Kier molecular flexibility index (Phi) is 5.69. The summed E-state index contributed by atoms with van der Waals surface area (Å²) in [7, 11) is 2.63. The molecule has 0 amide bonds. The van der Waals surface area contributed by atoms with Crippen molar-refractivity contribution in [3.05, 3.63) is 12.7 Å². The Labute approximate surface area is 93.5 Å². The Morgan fingerprint density at radius 2 is 1.75 bits per heavy atom. The second-order valence-electron chi connectivity index (χ2n) is 3.29. The molecular formula is C10H16O6. The second kappa shape index (κ2) is 6.24. The van der Waals surface area contributed by atoms with E-state index in [0.717, 1.165) is 0 Å². The molecule has 0 radical (unpaired) electrons. The number of hydrogen-bond donors (Lipinski definition) is 2. The fourth-order valence-electron chi connectivity index (χ4n) is 1.32. The van der Waals surface area contributed by atoms with Crippen LogP contribution in [0.3, 0.4) is 0 Å². The fourth-order valence-corrected chi connectivity index (χ4v) is 1.32. The summed E-state index contributed by atoms with van der Waals surface area (Å²) < 4.78 is 9.64. The van der Waals surface area contributed by atoms with Gasteiger partial charge in [-0.3, -0.25) is 9.59 Å². The predicted molar refractivity (Wildman–Crippen MR) is 54.9 cm³/mol. The Hall–Kier alpha value is -1.40. The van der Waals surface area contributed by atoms with Gasteiger partial charge in [0.15, 0.2) is 11.7 Å². The second-order valence-corrected chi connectivity index (χ2v) is 3.29. The number of methoxy groups -OCH3 is 2. The summed E-state index contributed by atoms with van der Waals surface area (Å²) >= 11 is 0. The van der Waals surface area contributed by atoms with E-state index in [2.05, 4.69) is 6.58 Å². The third kappa shape index (κ3) is 3.04. The van der Waals surface area contributed by atoms with Crippen LogP contribution in [-0.2, 0) is 19.1 Å². The average molecular weight is 232 g/mol. The van der Waals surface area contributed by atoms with E-state index < -0.39 is 23.6 Å². The predicted octanol–water partition coefficient (Wildman–Crippen LogP) is 0.727. The highest BCUT2D eigenvalue weighted by molar-refractivity contribution is 5.98. The zero-order valence-electron chi connectivity index (χ0n) is 9.30. The van der Waals surface area contributed by atoms with E-state index in [-0.39, 0.29) is 12.8 Å². The first-order valence-corrected chi connectivity index (χ1v) is 4.58. The summed E-state index contributed by atoms with van der Waals surface area (Å²) in [6.45, 7) is 3.36. The van der Waals surface area contributed by atoms with Crippen molar-refractivity contribution in [1.82, 2.24) is 0 Å². The largest absolute Gasteiger partial charge is 0.480 e. The lowest BCUT2D eigenvalue weighted by molar-refractivity contribution is -0.177. The van der Waals surface area contributed by atoms with Crippen LogP contribution in [-0.4, -0.2) is 42.7 Å². The van der Waals surface area contributed by atoms with Crippen molar-refractivity contribution in [2.75, 3.05) is 14.2 Å². The standard InChI is InChI=1S/C10H16O6/c1-4-5-10(8(11)12,9(13)14)6-7(15-2)16-3/h4,7H,1,5-6H2,2-3H3,(H,11,12)(H,13,14). The zero-order valence-corrected chi connectivity index (χ0v) is 9.30. The lowest BCUT2D eigenvalue weighted by Crippen LogP contribution is -2.42. The molecular weight excluding hydrogens is 216 g/mol. The number of carboxylic acid groups (broad SMARTS) is 2. The normalized spacial score (nSPS) is 11.4. The van der Waals surface area contributed by atoms with Crippen LogP contribution in [0.25, 0.3) is 0 Å². The first kappa shape index (κ1) is 14.6. The zero-order chi connectivity index (χ0) is 12.8. The van der Waals surface area contributed by atoms with Gasteiger partial charge in [-0.25, -0.2) is 0 Å². The number of allylic oxidation sites excluding steroid dienone is 1. The van der Waals surface area contributed by atoms with Crippen LogP contribution in [0.2, 0.25) is 0 Å². The SMILES string of the molecule is C=CCC(CC(OC)OC)(C(=O)O)C(=O)O. The van der Waals surface area contributed by atoms with E-state index in [0.29, 0.717) is 0 Å². The molecule has 0 aromatic heterocycles. The molecule has 0 unspecified atom stereocenters. The maximum Gasteiger partial charge on any atom is 0.321 e. The van der Waals surface area contributed by atoms with Crippen molar-refractivity contribution in [3.8, 4) is 0 Å². The van der Waals surface area contributed by atoms with E-state index in [4.69, 9.17) is 19.7 Å². The maximum absolute atomic E-state index is 11.1. The molecule has 16 heavy (non-hydrogen) atoms. The van der Waals surface area contributed by atoms with Gasteiger partial charge < -0.3 is 19.7 Å². The smallest absolute Gasteiger partial charge is 0.321 e. The Morgan fingerprint density at radius 1 is 1.31 bits per heavy atom. The van der Waals surface area contributed by atoms with Crippen LogP contribution in [0.15, 0.2) is 12.7 Å². The number of carboxylic acids is 2. The molecule has 0 fully saturated rings. The molecule has 6 nitrogen and oxygen atoms in total. The summed E-state index contributed by atoms with van der Waals surface area (Å²) in [4.78, 5) is 22.2. The Balaban J connectivity index is 5.10. The minimum Gasteiger partial charge on any atom is -0.480 e. The Morgan fingerprint density at radius 3 is 2.00 bits per heavy atom. The molecule has 0 aliphatic heterocycles.